The molecule has 0 aliphatic rings. The van der Waals surface area contributed by atoms with Gasteiger partial charge in [-0.3, -0.25) is 9.20 Å². The zero-order chi connectivity index (χ0) is 26.8. The number of pyridine rings is 1. The van der Waals surface area contributed by atoms with Gasteiger partial charge in [0.1, 0.15) is 0 Å². The van der Waals surface area contributed by atoms with E-state index in [-0.39, 0.29) is 5.56 Å². The zero-order valence-electron chi connectivity index (χ0n) is 21.9. The Morgan fingerprint density at radius 3 is 1.68 bits per heavy atom. The van der Waals surface area contributed by atoms with Crippen LogP contribution in [-0.4, -0.2) is 13.4 Å². The van der Waals surface area contributed by atoms with Crippen molar-refractivity contribution in [2.45, 2.75) is 0 Å². The van der Waals surface area contributed by atoms with Gasteiger partial charge in [-0.2, -0.15) is 0 Å². The first-order valence-corrected chi connectivity index (χ1v) is 13.9. The molecule has 190 valence electrons. The molecule has 0 bridgehead atoms. The fraction of sp³-hybridized carbons (Fsp3) is 0. The van der Waals surface area contributed by atoms with E-state index in [1.165, 1.54) is 10.8 Å². The SMILES string of the molecule is O=c1c2cc3c(cc2c2ccc4c5ccccc5n5c6ccccc6n1c2c45)c1ccccc1n3-c1ccccc1. The summed E-state index contributed by atoms with van der Waals surface area (Å²) in [7, 11) is 0. The summed E-state index contributed by atoms with van der Waals surface area (Å²) in [4.78, 5) is 14.7. The standard InChI is InChI=1S/C37H21N3O/c41-37-29-21-34-28(24-13-5-6-14-30(24)38(34)22-10-2-1-3-11-22)20-27(29)26-19-18-25-23-12-4-7-15-31(23)39-32-16-8-9-17-33(32)40(37)36(26)35(25)39/h1-21H. The topological polar surface area (TPSA) is 30.8 Å². The van der Waals surface area contributed by atoms with Crippen LogP contribution in [0.15, 0.2) is 132 Å². The Balaban J connectivity index is 1.51. The Morgan fingerprint density at radius 2 is 0.927 bits per heavy atom. The monoisotopic (exact) mass is 523 g/mol. The predicted molar refractivity (Wildman–Crippen MR) is 170 cm³/mol. The Kier molecular flexibility index (Phi) is 3.79. The highest BCUT2D eigenvalue weighted by Gasteiger charge is 2.22. The summed E-state index contributed by atoms with van der Waals surface area (Å²) >= 11 is 0. The highest BCUT2D eigenvalue weighted by molar-refractivity contribution is 6.25. The molecule has 0 fully saturated rings. The molecule has 0 saturated heterocycles. The minimum atomic E-state index is 0.00993. The number of nitrogens with zero attached hydrogens (tertiary/aromatic N) is 3. The first-order chi connectivity index (χ1) is 20.3. The molecule has 0 saturated carbocycles. The van der Waals surface area contributed by atoms with E-state index in [0.717, 1.165) is 71.2 Å². The van der Waals surface area contributed by atoms with Crippen LogP contribution in [-0.2, 0) is 0 Å². The van der Waals surface area contributed by atoms with E-state index in [1.54, 1.807) is 0 Å². The number of aromatic nitrogens is 3. The molecule has 41 heavy (non-hydrogen) atoms. The van der Waals surface area contributed by atoms with E-state index in [0.29, 0.717) is 0 Å². The van der Waals surface area contributed by atoms with Gasteiger partial charge in [0.05, 0.1) is 44.0 Å². The first-order valence-electron chi connectivity index (χ1n) is 13.9. The molecule has 4 nitrogen and oxygen atoms in total. The van der Waals surface area contributed by atoms with Crippen molar-refractivity contribution < 1.29 is 0 Å². The van der Waals surface area contributed by atoms with E-state index in [2.05, 4.69) is 124 Å². The Labute approximate surface area is 232 Å². The number of fused-ring (bicyclic) bond motifs is 11. The number of benzene rings is 6. The molecule has 4 heteroatoms. The van der Waals surface area contributed by atoms with Gasteiger partial charge < -0.3 is 8.97 Å². The number of hydrogen-bond acceptors (Lipinski definition) is 1. The first kappa shape index (κ1) is 21.2. The molecular weight excluding hydrogens is 502 g/mol. The largest absolute Gasteiger partial charge is 0.309 e. The lowest BCUT2D eigenvalue weighted by Gasteiger charge is -2.16. The molecular formula is C37H21N3O. The predicted octanol–water partition coefficient (Wildman–Crippen LogP) is 8.70. The lowest BCUT2D eigenvalue weighted by Crippen LogP contribution is -2.17. The molecule has 0 spiro atoms. The molecule has 0 N–H and O–H groups in total. The van der Waals surface area contributed by atoms with Crippen LogP contribution in [0.3, 0.4) is 0 Å². The summed E-state index contributed by atoms with van der Waals surface area (Å²) in [6.07, 6.45) is 0. The second kappa shape index (κ2) is 7.32. The Morgan fingerprint density at radius 1 is 0.366 bits per heavy atom. The van der Waals surface area contributed by atoms with Gasteiger partial charge in [0.15, 0.2) is 0 Å². The average molecular weight is 524 g/mol. The van der Waals surface area contributed by atoms with Crippen molar-refractivity contribution in [2.24, 2.45) is 0 Å². The second-order valence-corrected chi connectivity index (χ2v) is 10.9. The van der Waals surface area contributed by atoms with Crippen molar-refractivity contribution in [3.63, 3.8) is 0 Å². The highest BCUT2D eigenvalue weighted by atomic mass is 16.1. The molecule has 0 atom stereocenters. The van der Waals surface area contributed by atoms with Crippen LogP contribution in [0.5, 0.6) is 0 Å². The summed E-state index contributed by atoms with van der Waals surface area (Å²) in [5, 5.41) is 7.49. The van der Waals surface area contributed by atoms with E-state index >= 15 is 0 Å². The third-order valence-electron chi connectivity index (χ3n) is 8.95. The van der Waals surface area contributed by atoms with Crippen molar-refractivity contribution in [1.29, 1.82) is 0 Å². The summed E-state index contributed by atoms with van der Waals surface area (Å²) < 4.78 is 6.57. The van der Waals surface area contributed by atoms with Crippen molar-refractivity contribution in [3.8, 4) is 5.69 Å². The lowest BCUT2D eigenvalue weighted by atomic mass is 10.0. The molecule has 0 aliphatic heterocycles. The summed E-state index contributed by atoms with van der Waals surface area (Å²) in [6.45, 7) is 0. The van der Waals surface area contributed by atoms with Gasteiger partial charge in [-0.25, -0.2) is 0 Å². The molecule has 0 aliphatic carbocycles. The average Bonchev–Trinajstić information content (AvgIpc) is 3.54. The van der Waals surface area contributed by atoms with Crippen LogP contribution < -0.4 is 5.56 Å². The van der Waals surface area contributed by atoms with Crippen molar-refractivity contribution in [3.05, 3.63) is 138 Å². The van der Waals surface area contributed by atoms with Crippen molar-refractivity contribution in [2.75, 3.05) is 0 Å². The van der Waals surface area contributed by atoms with E-state index < -0.39 is 0 Å². The molecule has 10 aromatic rings. The molecule has 6 aromatic carbocycles. The summed E-state index contributed by atoms with van der Waals surface area (Å²) in [5.41, 5.74) is 8.41. The van der Waals surface area contributed by atoms with Gasteiger partial charge in [0.25, 0.3) is 5.56 Å². The number of para-hydroxylation sites is 5. The maximum Gasteiger partial charge on any atom is 0.263 e. The van der Waals surface area contributed by atoms with Crippen LogP contribution in [0.4, 0.5) is 0 Å². The maximum atomic E-state index is 14.7. The van der Waals surface area contributed by atoms with Crippen LogP contribution in [0.1, 0.15) is 0 Å². The molecule has 0 unspecified atom stereocenters. The van der Waals surface area contributed by atoms with Crippen LogP contribution in [0.25, 0.3) is 82.0 Å². The fourth-order valence-corrected chi connectivity index (χ4v) is 7.30. The quantitative estimate of drug-likeness (QED) is 0.156. The van der Waals surface area contributed by atoms with E-state index in [4.69, 9.17) is 0 Å². The normalized spacial score (nSPS) is 12.5. The highest BCUT2D eigenvalue weighted by Crippen LogP contribution is 2.41. The van der Waals surface area contributed by atoms with Crippen molar-refractivity contribution >= 4 is 76.3 Å². The summed E-state index contributed by atoms with van der Waals surface area (Å²) in [5.74, 6) is 0. The van der Waals surface area contributed by atoms with E-state index in [9.17, 15) is 4.79 Å². The minimum absolute atomic E-state index is 0.00993. The third-order valence-corrected chi connectivity index (χ3v) is 8.95. The Hall–Kier alpha value is -5.61. The van der Waals surface area contributed by atoms with Gasteiger partial charge >= 0.3 is 0 Å². The fourth-order valence-electron chi connectivity index (χ4n) is 7.30. The number of hydrogen-bond donors (Lipinski definition) is 0. The van der Waals surface area contributed by atoms with Gasteiger partial charge in [0, 0.05) is 32.6 Å². The van der Waals surface area contributed by atoms with Crippen LogP contribution >= 0.6 is 0 Å². The third kappa shape index (κ3) is 2.49. The molecule has 4 aromatic heterocycles. The number of rotatable bonds is 1. The van der Waals surface area contributed by atoms with Crippen LogP contribution in [0, 0.1) is 0 Å². The van der Waals surface area contributed by atoms with Crippen LogP contribution in [0.2, 0.25) is 0 Å². The van der Waals surface area contributed by atoms with Gasteiger partial charge in [-0.1, -0.05) is 78.9 Å². The lowest BCUT2D eigenvalue weighted by molar-refractivity contribution is 1.16. The van der Waals surface area contributed by atoms with Gasteiger partial charge in [-0.05, 0) is 53.9 Å². The van der Waals surface area contributed by atoms with Gasteiger partial charge in [0.2, 0.25) is 0 Å². The second-order valence-electron chi connectivity index (χ2n) is 10.9. The molecule has 0 radical (unpaired) electrons. The molecule has 10 rings (SSSR count). The molecule has 0 amide bonds. The molecule has 4 heterocycles. The minimum Gasteiger partial charge on any atom is -0.309 e. The van der Waals surface area contributed by atoms with Gasteiger partial charge in [-0.15, -0.1) is 0 Å². The van der Waals surface area contributed by atoms with E-state index in [1.807, 2.05) is 16.5 Å². The Bertz CT molecular complexity index is 2760. The maximum absolute atomic E-state index is 14.7. The zero-order valence-corrected chi connectivity index (χ0v) is 21.9. The smallest absolute Gasteiger partial charge is 0.263 e. The summed E-state index contributed by atoms with van der Waals surface area (Å²) in [6, 6.07) is 44.5. The van der Waals surface area contributed by atoms with Crippen molar-refractivity contribution in [1.82, 2.24) is 13.4 Å².